The monoisotopic (exact) mass is 890 g/mol. The van der Waals surface area contributed by atoms with Crippen molar-refractivity contribution in [3.63, 3.8) is 0 Å². The number of carboxylic acid groups (broad SMARTS) is 1. The third-order valence-electron chi connectivity index (χ3n) is 7.84. The Morgan fingerprint density at radius 3 is 1.12 bits per heavy atom. The zero-order valence-corrected chi connectivity index (χ0v) is 35.1. The number of β-amino-alcohol motifs (C(OH)–C–C–N with tert-alkyl or cyclic N) is 1. The van der Waals surface area contributed by atoms with Crippen LogP contribution in [0.5, 0.6) is 0 Å². The predicted octanol–water partition coefficient (Wildman–Crippen LogP) is 5.25. The Balaban J connectivity index is 1.41. The average molecular weight is 891 g/mol. The maximum atomic E-state index is 13.3. The van der Waals surface area contributed by atoms with E-state index in [-0.39, 0.29) is 39.9 Å². The summed E-state index contributed by atoms with van der Waals surface area (Å²) in [5.41, 5.74) is 76.1. The molecule has 2 aliphatic heterocycles. The molecule has 0 saturated heterocycles. The largest absolute Gasteiger partial charge is 0.477 e. The molecule has 2 aromatic carbocycles. The first-order valence-corrected chi connectivity index (χ1v) is 18.8. The minimum atomic E-state index is -1.72. The first-order valence-electron chi connectivity index (χ1n) is 18.8. The summed E-state index contributed by atoms with van der Waals surface area (Å²) in [5.74, 6) is -6.53. The number of amides is 4. The van der Waals surface area contributed by atoms with Crippen molar-refractivity contribution in [1.29, 1.82) is 0 Å². The van der Waals surface area contributed by atoms with Gasteiger partial charge in [-0.05, 0) is 128 Å². The summed E-state index contributed by atoms with van der Waals surface area (Å²) in [6.45, 7) is 1.60. The van der Waals surface area contributed by atoms with E-state index in [9.17, 15) is 43.8 Å². The minimum Gasteiger partial charge on any atom is -0.477 e. The van der Waals surface area contributed by atoms with Gasteiger partial charge < -0.3 is 14.9 Å². The third kappa shape index (κ3) is 15.1. The molecule has 2 heterocycles. The van der Waals surface area contributed by atoms with E-state index in [4.69, 9.17) is 4.74 Å². The number of aliphatic hydroxyl groups excluding tert-OH is 1. The molecule has 12 nitrogen and oxygen atoms in total. The van der Waals surface area contributed by atoms with E-state index in [0.717, 1.165) is 9.80 Å². The van der Waals surface area contributed by atoms with Crippen molar-refractivity contribution in [1.82, 2.24) is 9.80 Å². The van der Waals surface area contributed by atoms with Gasteiger partial charge in [0.15, 0.2) is 11.4 Å². The van der Waals surface area contributed by atoms with Gasteiger partial charge in [0.1, 0.15) is 6.61 Å². The molecule has 0 unspecified atom stereocenters. The lowest BCUT2D eigenvalue weighted by molar-refractivity contribution is -0.144. The molecule has 69 heavy (non-hydrogen) atoms. The van der Waals surface area contributed by atoms with Crippen molar-refractivity contribution < 1.29 is 48.5 Å². The number of hydrogen-bond donors (Lipinski definition) is 2. The molecular formula is C57H18N2O10. The number of rotatable bonds is 9. The quantitative estimate of drug-likeness (QED) is 0.0644. The topological polar surface area (TPSA) is 176 Å². The fourth-order valence-electron chi connectivity index (χ4n) is 5.04. The number of esters is 1. The van der Waals surface area contributed by atoms with Crippen molar-refractivity contribution in [2.45, 2.75) is 0 Å². The van der Waals surface area contributed by atoms with Crippen LogP contribution in [0, 0.1) is 0 Å². The normalized spacial score (nSPS) is 9.41. The maximum absolute atomic E-state index is 13.3. The van der Waals surface area contributed by atoms with E-state index in [1.807, 2.05) is 0 Å². The lowest BCUT2D eigenvalue weighted by Gasteiger charge is -2.13. The number of carbonyl (C=O) groups excluding carboxylic acids is 6. The zero-order valence-electron chi connectivity index (χ0n) is 35.1. The summed E-state index contributed by atoms with van der Waals surface area (Å²) >= 11 is 0. The Hall–Kier alpha value is -12.0. The highest BCUT2D eigenvalue weighted by Gasteiger charge is 2.38. The number of nitrogens with zero attached hydrogens (tertiary/aromatic N) is 2. The van der Waals surface area contributed by atoms with Gasteiger partial charge in [-0.25, -0.2) is 9.59 Å². The molecule has 0 bridgehead atoms. The van der Waals surface area contributed by atoms with Crippen molar-refractivity contribution in [2.75, 3.05) is 26.3 Å². The van der Waals surface area contributed by atoms with Gasteiger partial charge >= 0.3 is 11.9 Å². The van der Waals surface area contributed by atoms with Crippen LogP contribution in [-0.2, 0) is 14.3 Å². The number of carboxylic acids is 1. The van der Waals surface area contributed by atoms with E-state index in [1.165, 1.54) is 36.4 Å². The maximum Gasteiger partial charge on any atom is 0.354 e. The van der Waals surface area contributed by atoms with Gasteiger partial charge in [0.25, 0.3) is 23.6 Å². The molecule has 0 aliphatic carbocycles. The summed E-state index contributed by atoms with van der Waals surface area (Å²) in [7, 11) is 0. The molecule has 0 radical (unpaired) electrons. The van der Waals surface area contributed by atoms with E-state index < -0.39 is 66.7 Å². The summed E-state index contributed by atoms with van der Waals surface area (Å²) in [6.07, 6.45) is 0. The molecule has 0 fully saturated rings. The second kappa shape index (κ2) is 27.1. The lowest BCUT2D eigenvalue weighted by Crippen LogP contribution is -2.33. The molecule has 4 rings (SSSR count). The summed E-state index contributed by atoms with van der Waals surface area (Å²) in [4.78, 5) is 90.4. The Labute approximate surface area is 389 Å². The predicted molar refractivity (Wildman–Crippen MR) is 234 cm³/mol. The molecule has 0 spiro atoms. The van der Waals surface area contributed by atoms with Crippen LogP contribution in [0.25, 0.3) is 0 Å². The smallest absolute Gasteiger partial charge is 0.354 e. The molecule has 316 valence electrons. The number of benzene rings is 2. The van der Waals surface area contributed by atoms with Crippen LogP contribution in [0.3, 0.4) is 0 Å². The van der Waals surface area contributed by atoms with Crippen LogP contribution < -0.4 is 0 Å². The minimum absolute atomic E-state index is 0.00141. The van der Waals surface area contributed by atoms with Gasteiger partial charge in [0, 0.05) is 91.4 Å². The standard InChI is InChI=1S/C57H18N2O10/c1-2-3-4-5-6-7-8-9-10-11-12-13-14-15-16-17-18-19-20-21-22-23-24-25-26-27-28-29-30-31-32-33-48(56(66)67)57(68)69-41-39-59-53(63)47-37-35-45(43-50(47)55(59)65)51(61)44-34-36-46-49(42-44)54(64)58(38-40-60)52(46)62/h34-37,42-43,60H,1,38-41H2,(H,66,67). The van der Waals surface area contributed by atoms with Gasteiger partial charge in [-0.2, -0.15) is 0 Å². The van der Waals surface area contributed by atoms with Gasteiger partial charge in [-0.1, -0.05) is 17.9 Å². The van der Waals surface area contributed by atoms with Crippen molar-refractivity contribution in [3.8, 4) is 0 Å². The van der Waals surface area contributed by atoms with Gasteiger partial charge in [0.05, 0.1) is 42.0 Å². The molecule has 4 amide bonds. The Bertz CT molecular complexity index is 4060. The molecule has 12 heteroatoms. The van der Waals surface area contributed by atoms with Crippen molar-refractivity contribution in [2.24, 2.45) is 0 Å². The highest BCUT2D eigenvalue weighted by Crippen LogP contribution is 2.27. The Kier molecular flexibility index (Phi) is 19.5. The second-order valence-corrected chi connectivity index (χ2v) is 12.0. The number of aliphatic hydroxyl groups is 1. The van der Waals surface area contributed by atoms with Crippen LogP contribution in [0.1, 0.15) is 57.4 Å². The van der Waals surface area contributed by atoms with Crippen LogP contribution in [0.4, 0.5) is 0 Å². The average Bonchev–Trinajstić information content (AvgIpc) is 3.73. The van der Waals surface area contributed by atoms with Gasteiger partial charge in [0.2, 0.25) is 0 Å². The molecule has 2 aliphatic rings. The molecule has 0 aromatic heterocycles. The fourth-order valence-corrected chi connectivity index (χ4v) is 5.04. The number of hydrogen-bond acceptors (Lipinski definition) is 9. The Morgan fingerprint density at radius 2 is 0.783 bits per heavy atom. The van der Waals surface area contributed by atoms with Crippen molar-refractivity contribution >= 4 is 41.4 Å². The number of aliphatic carboxylic acids is 1. The van der Waals surface area contributed by atoms with Gasteiger partial charge in [-0.3, -0.25) is 33.8 Å². The highest BCUT2D eigenvalue weighted by molar-refractivity contribution is 6.24. The molecule has 0 atom stereocenters. The summed E-state index contributed by atoms with van der Waals surface area (Å²) in [5, 5.41) is 18.6. The SMILES string of the molecule is C=C=C=C=C=C=C=C=C=C=C=C=C=C=C=C=C=C=C=C=C=C=C=C=C=C=C=C=C=C=C=C=C=C(C(=O)O)C(=O)OCCN1C(=O)c2ccc(C(=O)c3ccc4c(c3)C(=O)N(CCO)C4=O)cc2C1=O. The zero-order chi connectivity index (χ0) is 49.6. The number of fused-ring (bicyclic) bond motifs is 2. The summed E-state index contributed by atoms with van der Waals surface area (Å²) < 4.78 is 4.95. The third-order valence-corrected chi connectivity index (χ3v) is 7.84. The number of ether oxygens (including phenoxy) is 1. The molecular weight excluding hydrogens is 873 g/mol. The Morgan fingerprint density at radius 1 is 0.464 bits per heavy atom. The van der Waals surface area contributed by atoms with E-state index in [1.54, 1.807) is 0 Å². The van der Waals surface area contributed by atoms with E-state index in [2.05, 4.69) is 190 Å². The number of imide groups is 2. The lowest BCUT2D eigenvalue weighted by atomic mass is 9.96. The highest BCUT2D eigenvalue weighted by atomic mass is 16.5. The second-order valence-electron chi connectivity index (χ2n) is 12.0. The van der Waals surface area contributed by atoms with Crippen LogP contribution in [0.15, 0.2) is 232 Å². The molecule has 0 saturated carbocycles. The van der Waals surface area contributed by atoms with Crippen LogP contribution in [0.2, 0.25) is 0 Å². The first kappa shape index (κ1) is 49.6. The fraction of sp³-hybridized carbons (Fsp3) is 0.0702. The number of ketones is 1. The molecule has 2 aromatic rings. The van der Waals surface area contributed by atoms with Gasteiger partial charge in [-0.15, -0.1) is 0 Å². The van der Waals surface area contributed by atoms with Crippen LogP contribution in [-0.4, -0.2) is 87.7 Å². The first-order chi connectivity index (χ1) is 33.6. The van der Waals surface area contributed by atoms with E-state index >= 15 is 0 Å². The van der Waals surface area contributed by atoms with E-state index in [0.29, 0.717) is 0 Å². The van der Waals surface area contributed by atoms with Crippen LogP contribution >= 0.6 is 0 Å². The summed E-state index contributed by atoms with van der Waals surface area (Å²) in [6, 6.07) is 7.68. The number of carbonyl (C=O) groups is 7. The molecule has 2 N–H and O–H groups in total. The van der Waals surface area contributed by atoms with Crippen molar-refractivity contribution in [3.05, 3.63) is 265 Å².